The topological polar surface area (TPSA) is 21.6 Å². The molecular formula is C10H19NO. The van der Waals surface area contributed by atoms with E-state index in [0.29, 0.717) is 12.5 Å². The van der Waals surface area contributed by atoms with Gasteiger partial charge in [-0.25, -0.2) is 0 Å². The van der Waals surface area contributed by atoms with Crippen LogP contribution in [-0.4, -0.2) is 19.9 Å². The quantitative estimate of drug-likeness (QED) is 0.580. The fraction of sp³-hybridized carbons (Fsp3) is 0.700. The van der Waals surface area contributed by atoms with E-state index in [1.54, 1.807) is 7.11 Å². The van der Waals surface area contributed by atoms with E-state index in [1.165, 1.54) is 0 Å². The number of rotatable bonds is 5. The monoisotopic (exact) mass is 169 g/mol. The summed E-state index contributed by atoms with van der Waals surface area (Å²) in [6.07, 6.45) is 5.09. The molecule has 1 unspecified atom stereocenters. The van der Waals surface area contributed by atoms with Gasteiger partial charge in [-0.1, -0.05) is 19.9 Å². The van der Waals surface area contributed by atoms with Gasteiger partial charge in [0, 0.05) is 13.3 Å². The average Bonchev–Trinajstić information content (AvgIpc) is 2.11. The van der Waals surface area contributed by atoms with E-state index >= 15 is 0 Å². The molecule has 0 saturated heterocycles. The maximum atomic E-state index is 4.98. The van der Waals surface area contributed by atoms with E-state index in [4.69, 9.17) is 4.74 Å². The highest BCUT2D eigenvalue weighted by molar-refractivity contribution is 5.61. The number of nitrogens with zero attached hydrogens (tertiary/aromatic N) is 1. The molecule has 12 heavy (non-hydrogen) atoms. The highest BCUT2D eigenvalue weighted by atomic mass is 16.5. The lowest BCUT2D eigenvalue weighted by Gasteiger charge is -2.01. The first-order valence-corrected chi connectivity index (χ1v) is 4.42. The van der Waals surface area contributed by atoms with Gasteiger partial charge >= 0.3 is 0 Å². The van der Waals surface area contributed by atoms with Crippen molar-refractivity contribution in [3.8, 4) is 0 Å². The van der Waals surface area contributed by atoms with Crippen molar-refractivity contribution in [1.82, 2.24) is 0 Å². The predicted molar refractivity (Wildman–Crippen MR) is 53.6 cm³/mol. The highest BCUT2D eigenvalue weighted by Crippen LogP contribution is 2.00. The molecule has 0 saturated carbocycles. The Morgan fingerprint density at radius 2 is 2.25 bits per heavy atom. The van der Waals surface area contributed by atoms with Crippen LogP contribution in [0.2, 0.25) is 0 Å². The summed E-state index contributed by atoms with van der Waals surface area (Å²) in [7, 11) is 1.68. The van der Waals surface area contributed by atoms with E-state index in [1.807, 2.05) is 19.2 Å². The Balaban J connectivity index is 3.93. The van der Waals surface area contributed by atoms with Crippen LogP contribution in [0.3, 0.4) is 0 Å². The van der Waals surface area contributed by atoms with Crippen LogP contribution in [0.4, 0.5) is 0 Å². The van der Waals surface area contributed by atoms with Crippen LogP contribution in [-0.2, 0) is 4.74 Å². The van der Waals surface area contributed by atoms with Gasteiger partial charge in [-0.3, -0.25) is 4.99 Å². The predicted octanol–water partition coefficient (Wildman–Crippen LogP) is 2.65. The molecule has 0 bridgehead atoms. The van der Waals surface area contributed by atoms with Crippen LogP contribution in [0.15, 0.2) is 16.8 Å². The molecule has 0 spiro atoms. The van der Waals surface area contributed by atoms with Gasteiger partial charge in [0.15, 0.2) is 0 Å². The standard InChI is InChI=1S/C10H19NO/c1-5-9(3)7-11-10(6-2)8-12-4/h6-7,9H,5,8H2,1-4H3/b10-6-,11-7-. The Bertz CT molecular complexity index is 161. The van der Waals surface area contributed by atoms with Gasteiger partial charge in [0.25, 0.3) is 0 Å². The van der Waals surface area contributed by atoms with Crippen molar-refractivity contribution in [2.75, 3.05) is 13.7 Å². The SMILES string of the molecule is C/C=C(COC)\N=C/C(C)CC. The van der Waals surface area contributed by atoms with Gasteiger partial charge in [-0.2, -0.15) is 0 Å². The molecule has 0 N–H and O–H groups in total. The van der Waals surface area contributed by atoms with Gasteiger partial charge in [0.1, 0.15) is 0 Å². The minimum absolute atomic E-state index is 0.553. The Kier molecular flexibility index (Phi) is 6.67. The number of aliphatic imine (C=N–C) groups is 1. The normalized spacial score (nSPS) is 15.5. The van der Waals surface area contributed by atoms with E-state index in [0.717, 1.165) is 12.1 Å². The molecule has 0 rings (SSSR count). The van der Waals surface area contributed by atoms with Crippen molar-refractivity contribution in [3.05, 3.63) is 11.8 Å². The Hall–Kier alpha value is -0.630. The maximum Gasteiger partial charge on any atom is 0.0880 e. The summed E-state index contributed by atoms with van der Waals surface area (Å²) < 4.78 is 4.98. The van der Waals surface area contributed by atoms with E-state index in [9.17, 15) is 0 Å². The smallest absolute Gasteiger partial charge is 0.0880 e. The minimum Gasteiger partial charge on any atom is -0.378 e. The van der Waals surface area contributed by atoms with Crippen LogP contribution in [0.5, 0.6) is 0 Å². The van der Waals surface area contributed by atoms with Crippen LogP contribution >= 0.6 is 0 Å². The first-order chi connectivity index (χ1) is 5.74. The van der Waals surface area contributed by atoms with Crippen LogP contribution in [0.25, 0.3) is 0 Å². The first kappa shape index (κ1) is 11.4. The zero-order chi connectivity index (χ0) is 9.40. The fourth-order valence-corrected chi connectivity index (χ4v) is 0.671. The Morgan fingerprint density at radius 1 is 1.58 bits per heavy atom. The second-order valence-electron chi connectivity index (χ2n) is 2.88. The average molecular weight is 169 g/mol. The zero-order valence-corrected chi connectivity index (χ0v) is 8.50. The van der Waals surface area contributed by atoms with Crippen molar-refractivity contribution in [1.29, 1.82) is 0 Å². The number of allylic oxidation sites excluding steroid dienone is 1. The zero-order valence-electron chi connectivity index (χ0n) is 8.50. The third kappa shape index (κ3) is 5.08. The molecule has 0 aliphatic carbocycles. The lowest BCUT2D eigenvalue weighted by molar-refractivity contribution is 0.225. The second-order valence-corrected chi connectivity index (χ2v) is 2.88. The van der Waals surface area contributed by atoms with Crippen LogP contribution in [0.1, 0.15) is 27.2 Å². The summed E-state index contributed by atoms with van der Waals surface area (Å²) in [5, 5.41) is 0. The van der Waals surface area contributed by atoms with Crippen molar-refractivity contribution < 1.29 is 4.74 Å². The Morgan fingerprint density at radius 3 is 2.67 bits per heavy atom. The van der Waals surface area contributed by atoms with Gasteiger partial charge in [0.05, 0.1) is 12.3 Å². The summed E-state index contributed by atoms with van der Waals surface area (Å²) in [5.41, 5.74) is 0.998. The van der Waals surface area contributed by atoms with Gasteiger partial charge in [-0.15, -0.1) is 0 Å². The molecule has 0 radical (unpaired) electrons. The molecule has 1 atom stereocenters. The van der Waals surface area contributed by atoms with Crippen molar-refractivity contribution >= 4 is 6.21 Å². The molecule has 0 aromatic heterocycles. The lowest BCUT2D eigenvalue weighted by atomic mass is 10.1. The summed E-state index contributed by atoms with van der Waals surface area (Å²) in [4.78, 5) is 4.31. The third-order valence-electron chi connectivity index (χ3n) is 1.76. The summed E-state index contributed by atoms with van der Waals surface area (Å²) in [6, 6.07) is 0. The van der Waals surface area contributed by atoms with Gasteiger partial charge < -0.3 is 4.74 Å². The van der Waals surface area contributed by atoms with E-state index in [2.05, 4.69) is 18.8 Å². The van der Waals surface area contributed by atoms with Gasteiger partial charge in [-0.05, 0) is 19.3 Å². The molecule has 0 aromatic rings. The summed E-state index contributed by atoms with van der Waals surface area (Å²) in [5.74, 6) is 0.553. The van der Waals surface area contributed by atoms with E-state index < -0.39 is 0 Å². The second kappa shape index (κ2) is 7.04. The van der Waals surface area contributed by atoms with E-state index in [-0.39, 0.29) is 0 Å². The molecule has 2 nitrogen and oxygen atoms in total. The maximum absolute atomic E-state index is 4.98. The molecule has 2 heteroatoms. The van der Waals surface area contributed by atoms with Crippen LogP contribution < -0.4 is 0 Å². The first-order valence-electron chi connectivity index (χ1n) is 4.42. The lowest BCUT2D eigenvalue weighted by Crippen LogP contribution is -1.96. The molecule has 70 valence electrons. The number of hydrogen-bond acceptors (Lipinski definition) is 2. The third-order valence-corrected chi connectivity index (χ3v) is 1.76. The summed E-state index contributed by atoms with van der Waals surface area (Å²) >= 11 is 0. The van der Waals surface area contributed by atoms with Crippen molar-refractivity contribution in [2.24, 2.45) is 10.9 Å². The molecule has 0 heterocycles. The number of hydrogen-bond donors (Lipinski definition) is 0. The largest absolute Gasteiger partial charge is 0.378 e. The van der Waals surface area contributed by atoms with Gasteiger partial charge in [0.2, 0.25) is 0 Å². The number of ether oxygens (including phenoxy) is 1. The van der Waals surface area contributed by atoms with Crippen molar-refractivity contribution in [2.45, 2.75) is 27.2 Å². The molecular weight excluding hydrogens is 150 g/mol. The van der Waals surface area contributed by atoms with Crippen molar-refractivity contribution in [3.63, 3.8) is 0 Å². The number of methoxy groups -OCH3 is 1. The minimum atomic E-state index is 0.553. The molecule has 0 aromatic carbocycles. The summed E-state index contributed by atoms with van der Waals surface area (Å²) in [6.45, 7) is 6.89. The molecule has 0 fully saturated rings. The Labute approximate surface area is 75.3 Å². The van der Waals surface area contributed by atoms with Crippen LogP contribution in [0, 0.1) is 5.92 Å². The molecule has 0 aliphatic rings. The molecule has 0 amide bonds. The fourth-order valence-electron chi connectivity index (χ4n) is 0.671. The molecule has 0 aliphatic heterocycles. The highest BCUT2D eigenvalue weighted by Gasteiger charge is 1.93.